The van der Waals surface area contributed by atoms with Crippen LogP contribution in [0.4, 0.5) is 10.1 Å². The number of rotatable bonds is 8. The van der Waals surface area contributed by atoms with Crippen LogP contribution in [0.1, 0.15) is 24.2 Å². The number of hydrogen-bond donors (Lipinski definition) is 2. The lowest BCUT2D eigenvalue weighted by molar-refractivity contribution is -0.118. The molecule has 2 N–H and O–H groups in total. The Morgan fingerprint density at radius 1 is 1.09 bits per heavy atom. The molecule has 34 heavy (non-hydrogen) atoms. The van der Waals surface area contributed by atoms with Crippen molar-refractivity contribution in [3.05, 3.63) is 53.8 Å². The first-order chi connectivity index (χ1) is 16.1. The molecule has 9 nitrogen and oxygen atoms in total. The van der Waals surface area contributed by atoms with Crippen LogP contribution < -0.4 is 15.4 Å². The molecule has 3 rings (SSSR count). The molecule has 184 valence electrons. The van der Waals surface area contributed by atoms with Gasteiger partial charge in [0.2, 0.25) is 15.9 Å². The van der Waals surface area contributed by atoms with Gasteiger partial charge in [0.05, 0.1) is 20.3 Å². The predicted molar refractivity (Wildman–Crippen MR) is 124 cm³/mol. The highest BCUT2D eigenvalue weighted by atomic mass is 32.2. The van der Waals surface area contributed by atoms with Crippen molar-refractivity contribution < 1.29 is 31.9 Å². The Morgan fingerprint density at radius 2 is 1.74 bits per heavy atom. The van der Waals surface area contributed by atoms with E-state index < -0.39 is 33.7 Å². The Balaban J connectivity index is 1.81. The first-order valence-electron chi connectivity index (χ1n) is 10.8. The monoisotopic (exact) mass is 493 g/mol. The molecule has 11 heteroatoms. The van der Waals surface area contributed by atoms with Crippen molar-refractivity contribution in [1.29, 1.82) is 0 Å². The lowest BCUT2D eigenvalue weighted by Gasteiger charge is -2.27. The maximum atomic E-state index is 13.2. The minimum atomic E-state index is -3.88. The number of hydrogen-bond acceptors (Lipinski definition) is 6. The lowest BCUT2D eigenvalue weighted by Crippen LogP contribution is -2.47. The molecule has 1 heterocycles. The molecule has 2 aromatic carbocycles. The molecule has 0 spiro atoms. The maximum absolute atomic E-state index is 13.2. The van der Waals surface area contributed by atoms with E-state index in [2.05, 4.69) is 10.6 Å². The van der Waals surface area contributed by atoms with Crippen LogP contribution in [0.2, 0.25) is 0 Å². The Bertz CT molecular complexity index is 1130. The van der Waals surface area contributed by atoms with Crippen molar-refractivity contribution in [2.45, 2.75) is 24.8 Å². The molecule has 0 radical (unpaired) electrons. The van der Waals surface area contributed by atoms with Gasteiger partial charge in [-0.3, -0.25) is 9.59 Å². The fraction of sp³-hybridized carbons (Fsp3) is 0.391. The van der Waals surface area contributed by atoms with Gasteiger partial charge >= 0.3 is 0 Å². The number of anilines is 1. The van der Waals surface area contributed by atoms with Crippen molar-refractivity contribution in [1.82, 2.24) is 9.62 Å². The predicted octanol–water partition coefficient (Wildman–Crippen LogP) is 2.25. The number of nitrogens with one attached hydrogen (secondary N) is 2. The molecule has 0 aliphatic carbocycles. The third kappa shape index (κ3) is 5.91. The lowest BCUT2D eigenvalue weighted by atomic mass is 10.0. The van der Waals surface area contributed by atoms with Crippen LogP contribution in [0.15, 0.2) is 47.4 Å². The molecule has 1 saturated heterocycles. The topological polar surface area (TPSA) is 114 Å². The van der Waals surface area contributed by atoms with E-state index in [-0.39, 0.29) is 40.9 Å². The van der Waals surface area contributed by atoms with Crippen molar-refractivity contribution in [2.75, 3.05) is 38.7 Å². The van der Waals surface area contributed by atoms with Crippen molar-refractivity contribution in [2.24, 2.45) is 5.92 Å². The van der Waals surface area contributed by atoms with Crippen LogP contribution in [0.25, 0.3) is 0 Å². The van der Waals surface area contributed by atoms with Crippen LogP contribution >= 0.6 is 0 Å². The molecule has 0 saturated carbocycles. The Labute approximate surface area is 198 Å². The number of halogens is 1. The van der Waals surface area contributed by atoms with Gasteiger partial charge in [-0.15, -0.1) is 0 Å². The van der Waals surface area contributed by atoms with Gasteiger partial charge in [-0.1, -0.05) is 13.8 Å². The zero-order chi connectivity index (χ0) is 24.9. The molecule has 2 amide bonds. The summed E-state index contributed by atoms with van der Waals surface area (Å²) in [5.74, 6) is -1.66. The highest BCUT2D eigenvalue weighted by Crippen LogP contribution is 2.30. The summed E-state index contributed by atoms with van der Waals surface area (Å²) in [4.78, 5) is 25.5. The minimum Gasteiger partial charge on any atom is -0.495 e. The van der Waals surface area contributed by atoms with Crippen molar-refractivity contribution in [3.63, 3.8) is 0 Å². The smallest absolute Gasteiger partial charge is 0.251 e. The first kappa shape index (κ1) is 25.6. The molecule has 1 atom stereocenters. The minimum absolute atomic E-state index is 0.0776. The second-order valence-corrected chi connectivity index (χ2v) is 9.98. The average molecular weight is 494 g/mol. The number of methoxy groups -OCH3 is 1. The Morgan fingerprint density at radius 3 is 2.32 bits per heavy atom. The van der Waals surface area contributed by atoms with E-state index in [1.54, 1.807) is 13.8 Å². The number of ether oxygens (including phenoxy) is 2. The highest BCUT2D eigenvalue weighted by Gasteiger charge is 2.30. The van der Waals surface area contributed by atoms with Crippen molar-refractivity contribution in [3.8, 4) is 5.75 Å². The summed E-state index contributed by atoms with van der Waals surface area (Å²) in [7, 11) is -2.51. The molecule has 1 unspecified atom stereocenters. The van der Waals surface area contributed by atoms with Crippen LogP contribution in [-0.2, 0) is 19.6 Å². The summed E-state index contributed by atoms with van der Waals surface area (Å²) in [5, 5.41) is 5.33. The number of carbonyl (C=O) groups is 2. The number of carbonyl (C=O) groups excluding carboxylic acids is 2. The molecule has 1 aliphatic rings. The molecule has 0 bridgehead atoms. The molecule has 0 aromatic heterocycles. The van der Waals surface area contributed by atoms with Gasteiger partial charge in [0.15, 0.2) is 0 Å². The van der Waals surface area contributed by atoms with E-state index in [4.69, 9.17) is 9.47 Å². The molecular weight excluding hydrogens is 465 g/mol. The summed E-state index contributed by atoms with van der Waals surface area (Å²) in [5.41, 5.74) is 0.447. The van der Waals surface area contributed by atoms with Crippen LogP contribution in [0, 0.1) is 11.7 Å². The quantitative estimate of drug-likeness (QED) is 0.583. The summed E-state index contributed by atoms with van der Waals surface area (Å²) < 4.78 is 51.3. The fourth-order valence-electron chi connectivity index (χ4n) is 3.46. The SMILES string of the molecule is COc1ccc(NC(=O)C(NC(=O)c2ccc(F)cc2)C(C)C)cc1S(=O)(=O)N1CCOCC1. The first-order valence-corrected chi connectivity index (χ1v) is 12.2. The normalized spacial score (nSPS) is 15.6. The molecule has 2 aromatic rings. The second kappa shape index (κ2) is 10.9. The van der Waals surface area contributed by atoms with Crippen LogP contribution in [0.3, 0.4) is 0 Å². The van der Waals surface area contributed by atoms with Gasteiger partial charge < -0.3 is 20.1 Å². The number of morpholine rings is 1. The third-order valence-electron chi connectivity index (χ3n) is 5.36. The van der Waals surface area contributed by atoms with Gasteiger partial charge in [0, 0.05) is 24.3 Å². The van der Waals surface area contributed by atoms with Crippen LogP contribution in [-0.4, -0.2) is 64.0 Å². The summed E-state index contributed by atoms with van der Waals surface area (Å²) in [6.07, 6.45) is 0. The third-order valence-corrected chi connectivity index (χ3v) is 7.28. The molecule has 1 aliphatic heterocycles. The van der Waals surface area contributed by atoms with Gasteiger partial charge in [-0.25, -0.2) is 12.8 Å². The number of benzene rings is 2. The van der Waals surface area contributed by atoms with E-state index in [0.717, 1.165) is 12.1 Å². The second-order valence-electron chi connectivity index (χ2n) is 8.07. The largest absolute Gasteiger partial charge is 0.495 e. The standard InChI is InChI=1S/C23H28FN3O6S/c1-15(2)21(26-22(28)16-4-6-17(24)7-5-16)23(29)25-18-8-9-19(32-3)20(14-18)34(30,31)27-10-12-33-13-11-27/h4-9,14-15,21H,10-13H2,1-3H3,(H,25,29)(H,26,28). The summed E-state index contributed by atoms with van der Waals surface area (Å²) in [6, 6.07) is 8.37. The molecule has 1 fully saturated rings. The summed E-state index contributed by atoms with van der Waals surface area (Å²) >= 11 is 0. The fourth-order valence-corrected chi connectivity index (χ4v) is 5.05. The van der Waals surface area contributed by atoms with Gasteiger partial charge in [0.1, 0.15) is 22.5 Å². The van der Waals surface area contributed by atoms with E-state index in [9.17, 15) is 22.4 Å². The van der Waals surface area contributed by atoms with Gasteiger partial charge in [0.25, 0.3) is 5.91 Å². The zero-order valence-electron chi connectivity index (χ0n) is 19.2. The molecular formula is C23H28FN3O6S. The van der Waals surface area contributed by atoms with E-state index >= 15 is 0 Å². The Hall–Kier alpha value is -3.02. The zero-order valence-corrected chi connectivity index (χ0v) is 20.0. The number of nitrogens with zero attached hydrogens (tertiary/aromatic N) is 1. The highest BCUT2D eigenvalue weighted by molar-refractivity contribution is 7.89. The van der Waals surface area contributed by atoms with Gasteiger partial charge in [-0.2, -0.15) is 4.31 Å². The van der Waals surface area contributed by atoms with Gasteiger partial charge in [-0.05, 0) is 48.4 Å². The van der Waals surface area contributed by atoms with E-state index in [0.29, 0.717) is 13.2 Å². The average Bonchev–Trinajstić information content (AvgIpc) is 2.83. The van der Waals surface area contributed by atoms with E-state index in [1.165, 1.54) is 41.7 Å². The van der Waals surface area contributed by atoms with Crippen LogP contribution in [0.5, 0.6) is 5.75 Å². The van der Waals surface area contributed by atoms with E-state index in [1.807, 2.05) is 0 Å². The number of sulfonamides is 1. The summed E-state index contributed by atoms with van der Waals surface area (Å²) in [6.45, 7) is 4.54. The number of amides is 2. The van der Waals surface area contributed by atoms with Crippen molar-refractivity contribution >= 4 is 27.5 Å². The maximum Gasteiger partial charge on any atom is 0.251 e. The Kier molecular flexibility index (Phi) is 8.24.